The zero-order valence-electron chi connectivity index (χ0n) is 9.58. The van der Waals surface area contributed by atoms with E-state index in [1.54, 1.807) is 24.3 Å². The van der Waals surface area contributed by atoms with E-state index in [-0.39, 0.29) is 19.1 Å². The van der Waals surface area contributed by atoms with Crippen LogP contribution in [0.3, 0.4) is 0 Å². The van der Waals surface area contributed by atoms with E-state index in [0.29, 0.717) is 11.4 Å². The molecule has 0 saturated carbocycles. The molecular formula is C12H14ClF3O2. The first-order chi connectivity index (χ1) is 8.42. The number of halogens is 4. The first-order valence-corrected chi connectivity index (χ1v) is 5.81. The summed E-state index contributed by atoms with van der Waals surface area (Å²) in [6.07, 6.45) is -3.98. The summed E-state index contributed by atoms with van der Waals surface area (Å²) in [7, 11) is 0. The molecule has 0 saturated heterocycles. The highest BCUT2D eigenvalue weighted by atomic mass is 35.5. The van der Waals surface area contributed by atoms with E-state index < -0.39 is 12.8 Å². The van der Waals surface area contributed by atoms with E-state index in [1.165, 1.54) is 0 Å². The Balaban J connectivity index is 2.40. The van der Waals surface area contributed by atoms with Crippen LogP contribution in [-0.4, -0.2) is 31.1 Å². The van der Waals surface area contributed by atoms with Gasteiger partial charge in [-0.1, -0.05) is 23.7 Å². The molecule has 1 aromatic carbocycles. The van der Waals surface area contributed by atoms with E-state index in [4.69, 9.17) is 11.6 Å². The SMILES string of the molecule is OCC(CCOCC(F)(F)F)c1ccc(Cl)cc1. The standard InChI is InChI=1S/C12H14ClF3O2/c13-11-3-1-9(2-4-11)10(7-17)5-6-18-8-12(14,15)16/h1-4,10,17H,5-8H2. The van der Waals surface area contributed by atoms with Crippen molar-refractivity contribution in [1.29, 1.82) is 0 Å². The Morgan fingerprint density at radius 3 is 2.33 bits per heavy atom. The smallest absolute Gasteiger partial charge is 0.396 e. The van der Waals surface area contributed by atoms with Crippen LogP contribution in [0, 0.1) is 0 Å². The molecule has 0 spiro atoms. The maximum Gasteiger partial charge on any atom is 0.411 e. The maximum absolute atomic E-state index is 11.8. The number of aliphatic hydroxyl groups excluding tert-OH is 1. The van der Waals surface area contributed by atoms with Crippen LogP contribution in [0.1, 0.15) is 17.9 Å². The summed E-state index contributed by atoms with van der Waals surface area (Å²) in [6, 6.07) is 6.84. The first kappa shape index (κ1) is 15.3. The fourth-order valence-electron chi connectivity index (χ4n) is 1.51. The predicted molar refractivity (Wildman–Crippen MR) is 62.8 cm³/mol. The molecule has 0 radical (unpaired) electrons. The van der Waals surface area contributed by atoms with Crippen LogP contribution in [0.25, 0.3) is 0 Å². The van der Waals surface area contributed by atoms with Gasteiger partial charge >= 0.3 is 6.18 Å². The number of ether oxygens (including phenoxy) is 1. The van der Waals surface area contributed by atoms with Crippen molar-refractivity contribution in [3.63, 3.8) is 0 Å². The summed E-state index contributed by atoms with van der Waals surface area (Å²) in [5.41, 5.74) is 0.831. The summed E-state index contributed by atoms with van der Waals surface area (Å²) in [5.74, 6) is -0.240. The Kier molecular flexibility index (Phi) is 5.91. The van der Waals surface area contributed by atoms with Crippen molar-refractivity contribution in [2.24, 2.45) is 0 Å². The van der Waals surface area contributed by atoms with Gasteiger partial charge in [0.1, 0.15) is 6.61 Å². The van der Waals surface area contributed by atoms with Crippen molar-refractivity contribution in [3.8, 4) is 0 Å². The van der Waals surface area contributed by atoms with Gasteiger partial charge in [0.05, 0.1) is 6.61 Å². The topological polar surface area (TPSA) is 29.5 Å². The van der Waals surface area contributed by atoms with Gasteiger partial charge in [-0.2, -0.15) is 13.2 Å². The molecule has 0 aliphatic heterocycles. The Morgan fingerprint density at radius 2 is 1.83 bits per heavy atom. The number of hydrogen-bond donors (Lipinski definition) is 1. The summed E-state index contributed by atoms with van der Waals surface area (Å²) in [6.45, 7) is -1.45. The third-order valence-electron chi connectivity index (χ3n) is 2.44. The molecule has 0 aromatic heterocycles. The maximum atomic E-state index is 11.8. The fraction of sp³-hybridized carbons (Fsp3) is 0.500. The third kappa shape index (κ3) is 5.71. The van der Waals surface area contributed by atoms with Crippen LogP contribution in [0.5, 0.6) is 0 Å². The van der Waals surface area contributed by atoms with Gasteiger partial charge in [-0.25, -0.2) is 0 Å². The minimum Gasteiger partial charge on any atom is -0.396 e. The average molecular weight is 283 g/mol. The molecule has 18 heavy (non-hydrogen) atoms. The van der Waals surface area contributed by atoms with E-state index in [0.717, 1.165) is 5.56 Å². The van der Waals surface area contributed by atoms with Gasteiger partial charge in [0.15, 0.2) is 0 Å². The molecule has 0 bridgehead atoms. The Bertz CT molecular complexity index is 351. The van der Waals surface area contributed by atoms with Crippen LogP contribution < -0.4 is 0 Å². The highest BCUT2D eigenvalue weighted by molar-refractivity contribution is 6.30. The van der Waals surface area contributed by atoms with Gasteiger partial charge in [0, 0.05) is 17.5 Å². The Hall–Kier alpha value is -0.780. The monoisotopic (exact) mass is 282 g/mol. The second-order valence-electron chi connectivity index (χ2n) is 3.89. The van der Waals surface area contributed by atoms with Gasteiger partial charge in [-0.05, 0) is 24.1 Å². The molecule has 0 heterocycles. The van der Waals surface area contributed by atoms with Gasteiger partial charge in [0.25, 0.3) is 0 Å². The number of benzene rings is 1. The van der Waals surface area contributed by atoms with Crippen LogP contribution in [0.2, 0.25) is 5.02 Å². The molecule has 0 aliphatic rings. The largest absolute Gasteiger partial charge is 0.411 e. The van der Waals surface area contributed by atoms with Crippen molar-refractivity contribution in [2.45, 2.75) is 18.5 Å². The van der Waals surface area contributed by atoms with Crippen LogP contribution in [0.4, 0.5) is 13.2 Å². The first-order valence-electron chi connectivity index (χ1n) is 5.43. The van der Waals surface area contributed by atoms with E-state index in [9.17, 15) is 18.3 Å². The molecule has 1 N–H and O–H groups in total. The molecule has 1 aromatic rings. The Labute approximate surface area is 108 Å². The van der Waals surface area contributed by atoms with Crippen molar-refractivity contribution in [1.82, 2.24) is 0 Å². The number of rotatable bonds is 6. The molecule has 102 valence electrons. The van der Waals surface area contributed by atoms with Gasteiger partial charge in [-0.3, -0.25) is 0 Å². The highest BCUT2D eigenvalue weighted by Gasteiger charge is 2.27. The van der Waals surface area contributed by atoms with Crippen molar-refractivity contribution in [2.75, 3.05) is 19.8 Å². The van der Waals surface area contributed by atoms with Crippen LogP contribution in [-0.2, 0) is 4.74 Å². The van der Waals surface area contributed by atoms with Crippen molar-refractivity contribution < 1.29 is 23.0 Å². The van der Waals surface area contributed by atoms with Crippen molar-refractivity contribution >= 4 is 11.6 Å². The zero-order valence-corrected chi connectivity index (χ0v) is 10.3. The van der Waals surface area contributed by atoms with E-state index in [2.05, 4.69) is 4.74 Å². The van der Waals surface area contributed by atoms with Gasteiger partial charge in [0.2, 0.25) is 0 Å². The second-order valence-corrected chi connectivity index (χ2v) is 4.32. The minimum absolute atomic E-state index is 0.0483. The van der Waals surface area contributed by atoms with Crippen LogP contribution in [0.15, 0.2) is 24.3 Å². The minimum atomic E-state index is -4.31. The van der Waals surface area contributed by atoms with Gasteiger partial charge in [-0.15, -0.1) is 0 Å². The second kappa shape index (κ2) is 6.97. The molecule has 1 atom stereocenters. The lowest BCUT2D eigenvalue weighted by Gasteiger charge is -2.15. The molecule has 2 nitrogen and oxygen atoms in total. The lowest BCUT2D eigenvalue weighted by atomic mass is 9.97. The highest BCUT2D eigenvalue weighted by Crippen LogP contribution is 2.22. The number of alkyl halides is 3. The quantitative estimate of drug-likeness (QED) is 0.811. The van der Waals surface area contributed by atoms with E-state index >= 15 is 0 Å². The lowest BCUT2D eigenvalue weighted by Crippen LogP contribution is -2.18. The Morgan fingerprint density at radius 1 is 1.22 bits per heavy atom. The molecule has 0 amide bonds. The summed E-state index contributed by atoms with van der Waals surface area (Å²) in [4.78, 5) is 0. The zero-order chi connectivity index (χ0) is 13.6. The van der Waals surface area contributed by atoms with E-state index in [1.807, 2.05) is 0 Å². The van der Waals surface area contributed by atoms with Crippen LogP contribution >= 0.6 is 11.6 Å². The normalized spacial score (nSPS) is 13.6. The molecule has 0 fully saturated rings. The van der Waals surface area contributed by atoms with Crippen molar-refractivity contribution in [3.05, 3.63) is 34.9 Å². The summed E-state index contributed by atoms with van der Waals surface area (Å²) >= 11 is 5.72. The number of aliphatic hydroxyl groups is 1. The molecular weight excluding hydrogens is 269 g/mol. The summed E-state index contributed by atoms with van der Waals surface area (Å²) in [5, 5.41) is 9.77. The van der Waals surface area contributed by atoms with Gasteiger partial charge < -0.3 is 9.84 Å². The average Bonchev–Trinajstić information content (AvgIpc) is 2.29. The summed E-state index contributed by atoms with van der Waals surface area (Å²) < 4.78 is 40.0. The molecule has 6 heteroatoms. The molecule has 1 rings (SSSR count). The predicted octanol–water partition coefficient (Wildman–Crippen LogP) is 3.38. The lowest BCUT2D eigenvalue weighted by molar-refractivity contribution is -0.174. The number of hydrogen-bond acceptors (Lipinski definition) is 2. The molecule has 1 unspecified atom stereocenters. The third-order valence-corrected chi connectivity index (χ3v) is 2.69. The fourth-order valence-corrected chi connectivity index (χ4v) is 1.64. The molecule has 0 aliphatic carbocycles.